The number of benzene rings is 1. The first kappa shape index (κ1) is 20.8. The Hall–Kier alpha value is -3.03. The average molecular weight is 432 g/mol. The molecule has 1 aromatic carbocycles. The van der Waals surface area contributed by atoms with Gasteiger partial charge in [-0.15, -0.1) is 0 Å². The predicted octanol–water partition coefficient (Wildman–Crippen LogP) is 3.43. The number of hydrogen-bond acceptors (Lipinski definition) is 6. The molecule has 32 heavy (non-hydrogen) atoms. The standard InChI is InChI=1S/C25H29N5O2/c26-24-6-5-19-12-17(2-1-9-31)18(13-21(19)29-24)4-3-16-10-22(23(32)11-16)30-8-7-20-14-27-15-28-25(20)30/h5-8,12-16,22-23,31-32H,1-4,9-11H2,(H2,26,29). The van der Waals surface area contributed by atoms with Crippen LogP contribution in [0.15, 0.2) is 49.1 Å². The molecule has 0 bridgehead atoms. The van der Waals surface area contributed by atoms with Crippen LogP contribution < -0.4 is 5.73 Å². The zero-order valence-electron chi connectivity index (χ0n) is 18.1. The maximum atomic E-state index is 10.8. The van der Waals surface area contributed by atoms with Crippen molar-refractivity contribution < 1.29 is 10.2 Å². The van der Waals surface area contributed by atoms with E-state index in [2.05, 4.69) is 31.7 Å². The quantitative estimate of drug-likeness (QED) is 0.413. The van der Waals surface area contributed by atoms with Gasteiger partial charge in [0.1, 0.15) is 17.8 Å². The van der Waals surface area contributed by atoms with Crippen molar-refractivity contribution in [2.45, 2.75) is 50.7 Å². The summed E-state index contributed by atoms with van der Waals surface area (Å²) in [4.78, 5) is 13.0. The van der Waals surface area contributed by atoms with E-state index in [-0.39, 0.29) is 18.8 Å². The van der Waals surface area contributed by atoms with Gasteiger partial charge >= 0.3 is 0 Å². The number of nitrogens with zero attached hydrogens (tertiary/aromatic N) is 4. The molecule has 3 heterocycles. The molecule has 7 heteroatoms. The first-order valence-electron chi connectivity index (χ1n) is 11.4. The van der Waals surface area contributed by atoms with E-state index in [9.17, 15) is 10.2 Å². The van der Waals surface area contributed by atoms with Crippen LogP contribution in [0.1, 0.15) is 42.9 Å². The summed E-state index contributed by atoms with van der Waals surface area (Å²) >= 11 is 0. The molecule has 3 unspecified atom stereocenters. The van der Waals surface area contributed by atoms with Gasteiger partial charge in [0.15, 0.2) is 0 Å². The van der Waals surface area contributed by atoms with E-state index in [4.69, 9.17) is 5.73 Å². The van der Waals surface area contributed by atoms with Crippen LogP contribution in [0.3, 0.4) is 0 Å². The Morgan fingerprint density at radius 1 is 1.06 bits per heavy atom. The number of rotatable bonds is 7. The lowest BCUT2D eigenvalue weighted by Gasteiger charge is -2.17. The van der Waals surface area contributed by atoms with Gasteiger partial charge in [0, 0.05) is 29.8 Å². The van der Waals surface area contributed by atoms with Crippen molar-refractivity contribution >= 4 is 27.8 Å². The van der Waals surface area contributed by atoms with Crippen LogP contribution >= 0.6 is 0 Å². The summed E-state index contributed by atoms with van der Waals surface area (Å²) in [5.41, 5.74) is 10.2. The first-order valence-corrected chi connectivity index (χ1v) is 11.4. The number of aromatic nitrogens is 4. The molecule has 3 aromatic heterocycles. The molecule has 1 saturated carbocycles. The molecule has 0 amide bonds. The van der Waals surface area contributed by atoms with Gasteiger partial charge in [-0.3, -0.25) is 0 Å². The van der Waals surface area contributed by atoms with Gasteiger partial charge in [0.2, 0.25) is 0 Å². The Labute approximate surface area is 187 Å². The summed E-state index contributed by atoms with van der Waals surface area (Å²) in [6.07, 6.45) is 10.2. The molecule has 1 aliphatic carbocycles. The number of anilines is 1. The number of aliphatic hydroxyl groups excluding tert-OH is 2. The molecule has 0 saturated heterocycles. The highest BCUT2D eigenvalue weighted by Gasteiger charge is 2.34. The summed E-state index contributed by atoms with van der Waals surface area (Å²) in [5.74, 6) is 0.959. The van der Waals surface area contributed by atoms with E-state index < -0.39 is 0 Å². The van der Waals surface area contributed by atoms with E-state index in [1.807, 2.05) is 30.6 Å². The highest BCUT2D eigenvalue weighted by Crippen LogP contribution is 2.39. The first-order chi connectivity index (χ1) is 15.6. The molecule has 4 N–H and O–H groups in total. The van der Waals surface area contributed by atoms with Gasteiger partial charge < -0.3 is 20.5 Å². The molecular formula is C25H29N5O2. The number of aryl methyl sites for hydroxylation is 2. The normalized spacial score (nSPS) is 21.0. The minimum atomic E-state index is -0.377. The van der Waals surface area contributed by atoms with Crippen LogP contribution in [0, 0.1) is 5.92 Å². The van der Waals surface area contributed by atoms with Crippen molar-refractivity contribution in [2.24, 2.45) is 5.92 Å². The lowest BCUT2D eigenvalue weighted by molar-refractivity contribution is 0.136. The molecule has 0 radical (unpaired) electrons. The molecule has 7 nitrogen and oxygen atoms in total. The second kappa shape index (κ2) is 8.84. The van der Waals surface area contributed by atoms with Crippen LogP contribution in [0.25, 0.3) is 21.9 Å². The van der Waals surface area contributed by atoms with Gasteiger partial charge in [-0.25, -0.2) is 15.0 Å². The maximum Gasteiger partial charge on any atom is 0.143 e. The minimum Gasteiger partial charge on any atom is -0.396 e. The summed E-state index contributed by atoms with van der Waals surface area (Å²) in [7, 11) is 0. The lowest BCUT2D eigenvalue weighted by atomic mass is 9.92. The van der Waals surface area contributed by atoms with Crippen LogP contribution in [0.4, 0.5) is 5.82 Å². The highest BCUT2D eigenvalue weighted by molar-refractivity contribution is 5.82. The molecule has 4 aromatic rings. The van der Waals surface area contributed by atoms with E-state index in [1.165, 1.54) is 11.1 Å². The van der Waals surface area contributed by atoms with Crippen molar-refractivity contribution in [1.82, 2.24) is 19.5 Å². The number of hydrogen-bond donors (Lipinski definition) is 3. The number of aliphatic hydroxyl groups is 2. The number of nitrogens with two attached hydrogens (primary N) is 1. The Kier molecular flexibility index (Phi) is 5.76. The Morgan fingerprint density at radius 3 is 2.81 bits per heavy atom. The van der Waals surface area contributed by atoms with Crippen molar-refractivity contribution in [3.8, 4) is 0 Å². The zero-order chi connectivity index (χ0) is 22.1. The van der Waals surface area contributed by atoms with Crippen LogP contribution in [-0.4, -0.2) is 42.4 Å². The smallest absolute Gasteiger partial charge is 0.143 e. The summed E-state index contributed by atoms with van der Waals surface area (Å²) in [6.45, 7) is 0.183. The fourth-order valence-electron chi connectivity index (χ4n) is 5.17. The van der Waals surface area contributed by atoms with Crippen molar-refractivity contribution in [3.63, 3.8) is 0 Å². The SMILES string of the molecule is Nc1ccc2cc(CCCO)c(CCC3CC(O)C(n4ccc5cncnc54)C3)cc2n1. The van der Waals surface area contributed by atoms with Crippen molar-refractivity contribution in [3.05, 3.63) is 60.2 Å². The average Bonchev–Trinajstić information content (AvgIpc) is 3.38. The molecule has 1 fully saturated rings. The van der Waals surface area contributed by atoms with E-state index in [0.29, 0.717) is 11.7 Å². The third-order valence-electron chi connectivity index (χ3n) is 6.79. The fraction of sp³-hybridized carbons (Fsp3) is 0.400. The van der Waals surface area contributed by atoms with Crippen LogP contribution in [0.5, 0.6) is 0 Å². The minimum absolute atomic E-state index is 0.0410. The summed E-state index contributed by atoms with van der Waals surface area (Å²) in [5, 5.41) is 22.2. The predicted molar refractivity (Wildman–Crippen MR) is 125 cm³/mol. The largest absolute Gasteiger partial charge is 0.396 e. The molecule has 0 spiro atoms. The van der Waals surface area contributed by atoms with E-state index in [0.717, 1.165) is 60.5 Å². The Morgan fingerprint density at radius 2 is 1.94 bits per heavy atom. The van der Waals surface area contributed by atoms with Crippen LogP contribution in [0.2, 0.25) is 0 Å². The molecule has 3 atom stereocenters. The van der Waals surface area contributed by atoms with Crippen LogP contribution in [-0.2, 0) is 12.8 Å². The lowest BCUT2D eigenvalue weighted by Crippen LogP contribution is -2.17. The molecule has 0 aliphatic heterocycles. The Balaban J connectivity index is 1.34. The van der Waals surface area contributed by atoms with Gasteiger partial charge in [0.25, 0.3) is 0 Å². The second-order valence-corrected chi connectivity index (χ2v) is 8.91. The number of nitrogen functional groups attached to an aromatic ring is 1. The summed E-state index contributed by atoms with van der Waals surface area (Å²) < 4.78 is 2.11. The molecule has 1 aliphatic rings. The molecule has 5 rings (SSSR count). The van der Waals surface area contributed by atoms with Gasteiger partial charge in [-0.05, 0) is 85.9 Å². The molecular weight excluding hydrogens is 402 g/mol. The third kappa shape index (κ3) is 4.06. The highest BCUT2D eigenvalue weighted by atomic mass is 16.3. The van der Waals surface area contributed by atoms with Crippen molar-refractivity contribution in [2.75, 3.05) is 12.3 Å². The Bertz CT molecular complexity index is 1240. The molecule has 166 valence electrons. The van der Waals surface area contributed by atoms with Crippen molar-refractivity contribution in [1.29, 1.82) is 0 Å². The fourth-order valence-corrected chi connectivity index (χ4v) is 5.17. The monoisotopic (exact) mass is 431 g/mol. The number of pyridine rings is 1. The van der Waals surface area contributed by atoms with E-state index >= 15 is 0 Å². The topological polar surface area (TPSA) is 110 Å². The maximum absolute atomic E-state index is 10.8. The van der Waals surface area contributed by atoms with Gasteiger partial charge in [-0.1, -0.05) is 0 Å². The summed E-state index contributed by atoms with van der Waals surface area (Å²) in [6, 6.07) is 10.2. The zero-order valence-corrected chi connectivity index (χ0v) is 18.1. The number of fused-ring (bicyclic) bond motifs is 2. The van der Waals surface area contributed by atoms with Gasteiger partial charge in [0.05, 0.1) is 17.7 Å². The second-order valence-electron chi connectivity index (χ2n) is 8.91. The van der Waals surface area contributed by atoms with Gasteiger partial charge in [-0.2, -0.15) is 0 Å². The van der Waals surface area contributed by atoms with E-state index in [1.54, 1.807) is 6.33 Å². The third-order valence-corrected chi connectivity index (χ3v) is 6.79.